The van der Waals surface area contributed by atoms with Gasteiger partial charge in [0, 0.05) is 5.54 Å². The Morgan fingerprint density at radius 3 is 1.45 bits per heavy atom. The van der Waals surface area contributed by atoms with Crippen molar-refractivity contribution in [2.24, 2.45) is 0 Å². The van der Waals surface area contributed by atoms with Gasteiger partial charge in [0.2, 0.25) is 0 Å². The van der Waals surface area contributed by atoms with Gasteiger partial charge in [-0.1, -0.05) is 78.6 Å². The van der Waals surface area contributed by atoms with Crippen LogP contribution in [0.5, 0.6) is 0 Å². The van der Waals surface area contributed by atoms with E-state index in [-0.39, 0.29) is 17.0 Å². The molecule has 0 aliphatic carbocycles. The highest BCUT2D eigenvalue weighted by molar-refractivity contribution is 8.93. The molecule has 0 spiro atoms. The van der Waals surface area contributed by atoms with Crippen LogP contribution in [0, 0.1) is 0 Å². The molecular weight excluding hydrogens is 310 g/mol. The van der Waals surface area contributed by atoms with Crippen molar-refractivity contribution < 1.29 is 0 Å². The van der Waals surface area contributed by atoms with Crippen molar-refractivity contribution in [3.8, 4) is 0 Å². The molecule has 0 aromatic heterocycles. The molecule has 0 aliphatic rings. The lowest BCUT2D eigenvalue weighted by molar-refractivity contribution is 0.328. The lowest BCUT2D eigenvalue weighted by Crippen LogP contribution is -2.41. The molecular formula is C18H40BrN. The van der Waals surface area contributed by atoms with E-state index in [9.17, 15) is 0 Å². The minimum atomic E-state index is 0. The fraction of sp³-hybridized carbons (Fsp3) is 1.00. The summed E-state index contributed by atoms with van der Waals surface area (Å²) in [7, 11) is 0. The van der Waals surface area contributed by atoms with E-state index in [1.165, 1.54) is 83.6 Å². The minimum absolute atomic E-state index is 0. The number of hydrogen-bond donors (Lipinski definition) is 1. The van der Waals surface area contributed by atoms with Gasteiger partial charge in [0.05, 0.1) is 0 Å². The molecule has 0 heterocycles. The van der Waals surface area contributed by atoms with Crippen LogP contribution in [0.25, 0.3) is 0 Å². The SMILES string of the molecule is Br.CCCCCCCCCCCCNC(C)(CC)CC. The summed E-state index contributed by atoms with van der Waals surface area (Å²) in [6, 6.07) is 0. The first-order valence-electron chi connectivity index (χ1n) is 8.93. The van der Waals surface area contributed by atoms with Gasteiger partial charge in [-0.15, -0.1) is 17.0 Å². The van der Waals surface area contributed by atoms with Crippen molar-refractivity contribution in [3.05, 3.63) is 0 Å². The fourth-order valence-corrected chi connectivity index (χ4v) is 2.50. The molecule has 0 radical (unpaired) electrons. The molecule has 20 heavy (non-hydrogen) atoms. The van der Waals surface area contributed by atoms with Crippen LogP contribution in [-0.4, -0.2) is 12.1 Å². The first-order valence-corrected chi connectivity index (χ1v) is 8.93. The van der Waals surface area contributed by atoms with E-state index in [2.05, 4.69) is 33.0 Å². The average molecular weight is 350 g/mol. The summed E-state index contributed by atoms with van der Waals surface area (Å²) in [5, 5.41) is 3.72. The molecule has 0 aliphatic heterocycles. The van der Waals surface area contributed by atoms with Gasteiger partial charge in [-0.05, 0) is 32.7 Å². The Balaban J connectivity index is 0. The second-order valence-corrected chi connectivity index (χ2v) is 6.38. The molecule has 0 atom stereocenters. The van der Waals surface area contributed by atoms with Crippen LogP contribution in [0.4, 0.5) is 0 Å². The monoisotopic (exact) mass is 349 g/mol. The molecule has 0 bridgehead atoms. The zero-order valence-electron chi connectivity index (χ0n) is 14.6. The van der Waals surface area contributed by atoms with Gasteiger partial charge in [-0.2, -0.15) is 0 Å². The van der Waals surface area contributed by atoms with Gasteiger partial charge < -0.3 is 5.32 Å². The summed E-state index contributed by atoms with van der Waals surface area (Å²) >= 11 is 0. The molecule has 0 aromatic carbocycles. The minimum Gasteiger partial charge on any atom is -0.312 e. The van der Waals surface area contributed by atoms with E-state index in [4.69, 9.17) is 0 Å². The topological polar surface area (TPSA) is 12.0 Å². The van der Waals surface area contributed by atoms with Gasteiger partial charge in [0.1, 0.15) is 0 Å². The molecule has 124 valence electrons. The van der Waals surface area contributed by atoms with Crippen LogP contribution >= 0.6 is 17.0 Å². The van der Waals surface area contributed by atoms with E-state index in [0.717, 1.165) is 0 Å². The largest absolute Gasteiger partial charge is 0.312 e. The number of rotatable bonds is 14. The number of hydrogen-bond acceptors (Lipinski definition) is 1. The van der Waals surface area contributed by atoms with Crippen LogP contribution in [0.2, 0.25) is 0 Å². The van der Waals surface area contributed by atoms with Crippen molar-refractivity contribution in [2.45, 2.75) is 110 Å². The van der Waals surface area contributed by atoms with Crippen LogP contribution in [0.3, 0.4) is 0 Å². The number of nitrogens with one attached hydrogen (secondary N) is 1. The molecule has 1 nitrogen and oxygen atoms in total. The summed E-state index contributed by atoms with van der Waals surface area (Å²) in [5.41, 5.74) is 0.374. The third kappa shape index (κ3) is 13.4. The molecule has 0 saturated carbocycles. The van der Waals surface area contributed by atoms with Gasteiger partial charge in [0.25, 0.3) is 0 Å². The van der Waals surface area contributed by atoms with Gasteiger partial charge in [0.15, 0.2) is 0 Å². The molecule has 0 amide bonds. The Labute approximate surface area is 139 Å². The fourth-order valence-electron chi connectivity index (χ4n) is 2.50. The Kier molecular flexibility index (Phi) is 18.0. The maximum Gasteiger partial charge on any atom is 0.0148 e. The number of halogens is 1. The molecule has 1 N–H and O–H groups in total. The normalized spacial score (nSPS) is 11.4. The van der Waals surface area contributed by atoms with Crippen molar-refractivity contribution in [2.75, 3.05) is 6.54 Å². The van der Waals surface area contributed by atoms with E-state index >= 15 is 0 Å². The average Bonchev–Trinajstić information content (AvgIpc) is 2.44. The van der Waals surface area contributed by atoms with Crippen LogP contribution in [0.15, 0.2) is 0 Å². The van der Waals surface area contributed by atoms with E-state index in [1.807, 2.05) is 0 Å². The highest BCUT2D eigenvalue weighted by Gasteiger charge is 2.17. The van der Waals surface area contributed by atoms with Crippen molar-refractivity contribution in [3.63, 3.8) is 0 Å². The van der Waals surface area contributed by atoms with Crippen molar-refractivity contribution in [1.82, 2.24) is 5.32 Å². The summed E-state index contributed by atoms with van der Waals surface area (Å²) in [5.74, 6) is 0. The molecule has 0 saturated heterocycles. The third-order valence-corrected chi connectivity index (χ3v) is 4.64. The van der Waals surface area contributed by atoms with Crippen molar-refractivity contribution in [1.29, 1.82) is 0 Å². The van der Waals surface area contributed by atoms with Crippen LogP contribution < -0.4 is 5.32 Å². The van der Waals surface area contributed by atoms with Gasteiger partial charge in [-0.25, -0.2) is 0 Å². The predicted octanol–water partition coefficient (Wildman–Crippen LogP) is 6.65. The molecule has 0 aromatic rings. The molecule has 0 rings (SSSR count). The van der Waals surface area contributed by atoms with Crippen LogP contribution in [0.1, 0.15) is 105 Å². The summed E-state index contributed by atoms with van der Waals surface area (Å²) in [6.45, 7) is 10.4. The third-order valence-electron chi connectivity index (χ3n) is 4.64. The van der Waals surface area contributed by atoms with Gasteiger partial charge in [-0.3, -0.25) is 0 Å². The standard InChI is InChI=1S/C18H39N.BrH/c1-5-8-9-10-11-12-13-14-15-16-17-19-18(4,6-2)7-3;/h19H,5-17H2,1-4H3;1H. The Morgan fingerprint density at radius 2 is 1.05 bits per heavy atom. The lowest BCUT2D eigenvalue weighted by atomic mass is 9.95. The van der Waals surface area contributed by atoms with E-state index in [0.29, 0.717) is 5.54 Å². The number of unbranched alkanes of at least 4 members (excludes halogenated alkanes) is 9. The summed E-state index contributed by atoms with van der Waals surface area (Å²) in [6.07, 6.45) is 16.7. The molecule has 2 heteroatoms. The van der Waals surface area contributed by atoms with Crippen molar-refractivity contribution >= 4 is 17.0 Å². The highest BCUT2D eigenvalue weighted by Crippen LogP contribution is 2.14. The first kappa shape index (κ1) is 22.7. The second-order valence-electron chi connectivity index (χ2n) is 6.38. The Bertz CT molecular complexity index is 178. The smallest absolute Gasteiger partial charge is 0.0148 e. The Hall–Kier alpha value is 0.440. The maximum absolute atomic E-state index is 3.72. The summed E-state index contributed by atoms with van der Waals surface area (Å²) < 4.78 is 0. The van der Waals surface area contributed by atoms with E-state index < -0.39 is 0 Å². The molecule has 0 fully saturated rings. The van der Waals surface area contributed by atoms with Gasteiger partial charge >= 0.3 is 0 Å². The predicted molar refractivity (Wildman–Crippen MR) is 99.2 cm³/mol. The zero-order chi connectivity index (χ0) is 14.4. The lowest BCUT2D eigenvalue weighted by Gasteiger charge is -2.28. The quantitative estimate of drug-likeness (QED) is 0.346. The Morgan fingerprint density at radius 1 is 0.650 bits per heavy atom. The second kappa shape index (κ2) is 15.8. The maximum atomic E-state index is 3.72. The molecule has 0 unspecified atom stereocenters. The van der Waals surface area contributed by atoms with Crippen LogP contribution in [-0.2, 0) is 0 Å². The first-order chi connectivity index (χ1) is 9.18. The zero-order valence-corrected chi connectivity index (χ0v) is 16.3. The van der Waals surface area contributed by atoms with E-state index in [1.54, 1.807) is 0 Å². The highest BCUT2D eigenvalue weighted by atomic mass is 79.9. The summed E-state index contributed by atoms with van der Waals surface area (Å²) in [4.78, 5) is 0.